The largest absolute Gasteiger partial charge is 0.480 e. The second kappa shape index (κ2) is 4.51. The third-order valence-electron chi connectivity index (χ3n) is 4.52. The molecule has 0 atom stereocenters. The predicted octanol–water partition coefficient (Wildman–Crippen LogP) is 4.10. The average molecular weight is 280 g/mol. The van der Waals surface area contributed by atoms with Crippen LogP contribution in [0.3, 0.4) is 0 Å². The molecule has 19 heavy (non-hydrogen) atoms. The number of rotatable bonds is 3. The Morgan fingerprint density at radius 2 is 1.84 bits per heavy atom. The predicted molar refractivity (Wildman–Crippen MR) is 72.8 cm³/mol. The molecule has 1 N–H and O–H groups in total. The van der Waals surface area contributed by atoms with E-state index >= 15 is 0 Å². The van der Waals surface area contributed by atoms with Crippen molar-refractivity contribution in [1.82, 2.24) is 0 Å². The molecule has 0 saturated heterocycles. The SMILES string of the molecule is O=C(O)C1(Sc2ccccc2F)CC2(CCCC2)C1. The highest BCUT2D eigenvalue weighted by Crippen LogP contribution is 2.64. The number of thioether (sulfide) groups is 1. The Morgan fingerprint density at radius 1 is 1.21 bits per heavy atom. The summed E-state index contributed by atoms with van der Waals surface area (Å²) in [5.74, 6) is -1.11. The first-order valence-electron chi connectivity index (χ1n) is 6.72. The maximum Gasteiger partial charge on any atom is 0.320 e. The van der Waals surface area contributed by atoms with Gasteiger partial charge in [-0.3, -0.25) is 4.79 Å². The van der Waals surface area contributed by atoms with E-state index in [1.807, 2.05) is 0 Å². The van der Waals surface area contributed by atoms with Crippen molar-refractivity contribution < 1.29 is 14.3 Å². The van der Waals surface area contributed by atoms with Gasteiger partial charge in [0.1, 0.15) is 10.6 Å². The molecule has 2 fully saturated rings. The molecular formula is C15H17FO2S. The van der Waals surface area contributed by atoms with Crippen LogP contribution in [-0.4, -0.2) is 15.8 Å². The lowest BCUT2D eigenvalue weighted by atomic mass is 9.60. The van der Waals surface area contributed by atoms with E-state index in [0.717, 1.165) is 12.8 Å². The summed E-state index contributed by atoms with van der Waals surface area (Å²) in [6.07, 6.45) is 6.07. The number of carbonyl (C=O) groups is 1. The zero-order valence-electron chi connectivity index (χ0n) is 10.7. The Hall–Kier alpha value is -1.03. The quantitative estimate of drug-likeness (QED) is 0.906. The van der Waals surface area contributed by atoms with Crippen LogP contribution >= 0.6 is 11.8 Å². The monoisotopic (exact) mass is 280 g/mol. The minimum Gasteiger partial charge on any atom is -0.480 e. The Labute approximate surface area is 116 Å². The maximum atomic E-state index is 13.7. The van der Waals surface area contributed by atoms with Gasteiger partial charge in [0, 0.05) is 4.90 Å². The Balaban J connectivity index is 1.80. The van der Waals surface area contributed by atoms with Crippen molar-refractivity contribution in [1.29, 1.82) is 0 Å². The standard InChI is InChI=1S/C15H17FO2S/c16-11-5-1-2-6-12(11)19-15(13(17)18)9-14(10-15)7-3-4-8-14/h1-2,5-6H,3-4,7-10H2,(H,17,18). The van der Waals surface area contributed by atoms with Crippen LogP contribution in [0.5, 0.6) is 0 Å². The van der Waals surface area contributed by atoms with E-state index in [1.165, 1.54) is 30.7 Å². The fourth-order valence-electron chi connectivity index (χ4n) is 3.64. The highest BCUT2D eigenvalue weighted by molar-refractivity contribution is 8.01. The molecule has 102 valence electrons. The van der Waals surface area contributed by atoms with E-state index in [1.54, 1.807) is 18.2 Å². The van der Waals surface area contributed by atoms with Crippen molar-refractivity contribution in [3.05, 3.63) is 30.1 Å². The molecule has 1 aromatic rings. The van der Waals surface area contributed by atoms with Crippen molar-refractivity contribution in [2.24, 2.45) is 5.41 Å². The summed E-state index contributed by atoms with van der Waals surface area (Å²) in [5.41, 5.74) is 0.233. The summed E-state index contributed by atoms with van der Waals surface area (Å²) in [6, 6.07) is 6.45. The lowest BCUT2D eigenvalue weighted by molar-refractivity contribution is -0.146. The Morgan fingerprint density at radius 3 is 2.42 bits per heavy atom. The summed E-state index contributed by atoms with van der Waals surface area (Å²) < 4.78 is 12.9. The molecule has 0 unspecified atom stereocenters. The van der Waals surface area contributed by atoms with Crippen LogP contribution in [0.2, 0.25) is 0 Å². The highest BCUT2D eigenvalue weighted by atomic mass is 32.2. The van der Waals surface area contributed by atoms with E-state index < -0.39 is 10.7 Å². The molecular weight excluding hydrogens is 263 g/mol. The van der Waals surface area contributed by atoms with Crippen LogP contribution in [0.15, 0.2) is 29.2 Å². The minimum atomic E-state index is -0.813. The van der Waals surface area contributed by atoms with Gasteiger partial charge >= 0.3 is 5.97 Å². The van der Waals surface area contributed by atoms with E-state index in [-0.39, 0.29) is 11.2 Å². The summed E-state index contributed by atoms with van der Waals surface area (Å²) in [5, 5.41) is 9.54. The van der Waals surface area contributed by atoms with Crippen LogP contribution < -0.4 is 0 Å². The lowest BCUT2D eigenvalue weighted by Gasteiger charge is -2.51. The van der Waals surface area contributed by atoms with Gasteiger partial charge < -0.3 is 5.11 Å². The van der Waals surface area contributed by atoms with Crippen molar-refractivity contribution in [3.8, 4) is 0 Å². The van der Waals surface area contributed by atoms with Crippen LogP contribution in [0.4, 0.5) is 4.39 Å². The molecule has 0 aromatic heterocycles. The van der Waals surface area contributed by atoms with Gasteiger partial charge in [-0.05, 0) is 43.2 Å². The van der Waals surface area contributed by atoms with Crippen LogP contribution in [-0.2, 0) is 4.79 Å². The minimum absolute atomic E-state index is 0.233. The van der Waals surface area contributed by atoms with Crippen molar-refractivity contribution >= 4 is 17.7 Å². The third-order valence-corrected chi connectivity index (χ3v) is 5.92. The summed E-state index contributed by atoms with van der Waals surface area (Å²) in [6.45, 7) is 0. The number of benzene rings is 1. The van der Waals surface area contributed by atoms with E-state index in [0.29, 0.717) is 17.7 Å². The Kier molecular flexibility index (Phi) is 3.08. The second-order valence-corrected chi connectivity index (χ2v) is 7.32. The topological polar surface area (TPSA) is 37.3 Å². The molecule has 0 radical (unpaired) electrons. The van der Waals surface area contributed by atoms with Gasteiger partial charge in [0.25, 0.3) is 0 Å². The number of halogens is 1. The summed E-state index contributed by atoms with van der Waals surface area (Å²) in [7, 11) is 0. The van der Waals surface area contributed by atoms with Gasteiger partial charge in [-0.1, -0.05) is 25.0 Å². The molecule has 1 spiro atoms. The molecule has 0 amide bonds. The first-order valence-corrected chi connectivity index (χ1v) is 7.54. The maximum absolute atomic E-state index is 13.7. The first-order chi connectivity index (χ1) is 9.05. The number of aliphatic carboxylic acids is 1. The number of hydrogen-bond acceptors (Lipinski definition) is 2. The molecule has 0 bridgehead atoms. The normalized spacial score (nSPS) is 23.2. The summed E-state index contributed by atoms with van der Waals surface area (Å²) in [4.78, 5) is 12.1. The molecule has 0 aliphatic heterocycles. The molecule has 1 aromatic carbocycles. The zero-order valence-corrected chi connectivity index (χ0v) is 11.5. The molecule has 0 heterocycles. The molecule has 3 rings (SSSR count). The fraction of sp³-hybridized carbons (Fsp3) is 0.533. The second-order valence-electron chi connectivity index (χ2n) is 5.89. The smallest absolute Gasteiger partial charge is 0.320 e. The molecule has 2 nitrogen and oxygen atoms in total. The van der Waals surface area contributed by atoms with Gasteiger partial charge in [0.05, 0.1) is 0 Å². The average Bonchev–Trinajstić information content (AvgIpc) is 2.80. The molecule has 2 aliphatic carbocycles. The number of carboxylic acids is 1. The van der Waals surface area contributed by atoms with Crippen LogP contribution in [0.25, 0.3) is 0 Å². The van der Waals surface area contributed by atoms with E-state index in [2.05, 4.69) is 0 Å². The van der Waals surface area contributed by atoms with E-state index in [4.69, 9.17) is 0 Å². The molecule has 2 saturated carbocycles. The van der Waals surface area contributed by atoms with Crippen molar-refractivity contribution in [3.63, 3.8) is 0 Å². The van der Waals surface area contributed by atoms with Crippen LogP contribution in [0, 0.1) is 11.2 Å². The lowest BCUT2D eigenvalue weighted by Crippen LogP contribution is -2.53. The molecule has 2 aliphatic rings. The van der Waals surface area contributed by atoms with Crippen molar-refractivity contribution in [2.45, 2.75) is 48.2 Å². The number of hydrogen-bond donors (Lipinski definition) is 1. The van der Waals surface area contributed by atoms with Gasteiger partial charge in [-0.2, -0.15) is 0 Å². The Bertz CT molecular complexity index is 501. The van der Waals surface area contributed by atoms with Gasteiger partial charge in [-0.15, -0.1) is 11.8 Å². The number of carboxylic acid groups (broad SMARTS) is 1. The van der Waals surface area contributed by atoms with E-state index in [9.17, 15) is 14.3 Å². The first kappa shape index (κ1) is 13.0. The highest BCUT2D eigenvalue weighted by Gasteiger charge is 2.60. The van der Waals surface area contributed by atoms with Gasteiger partial charge in [0.2, 0.25) is 0 Å². The van der Waals surface area contributed by atoms with Crippen molar-refractivity contribution in [2.75, 3.05) is 0 Å². The third kappa shape index (κ3) is 2.16. The zero-order chi connectivity index (χ0) is 13.5. The summed E-state index contributed by atoms with van der Waals surface area (Å²) >= 11 is 1.20. The van der Waals surface area contributed by atoms with Crippen LogP contribution in [0.1, 0.15) is 38.5 Å². The van der Waals surface area contributed by atoms with Gasteiger partial charge in [-0.25, -0.2) is 4.39 Å². The van der Waals surface area contributed by atoms with Gasteiger partial charge in [0.15, 0.2) is 0 Å². The molecule has 4 heteroatoms. The fourth-order valence-corrected chi connectivity index (χ4v) is 5.22.